The third kappa shape index (κ3) is 3.23. The summed E-state index contributed by atoms with van der Waals surface area (Å²) >= 11 is 3.14. The van der Waals surface area contributed by atoms with Crippen LogP contribution in [0, 0.1) is 5.82 Å². The summed E-state index contributed by atoms with van der Waals surface area (Å²) < 4.78 is 13.9. The Labute approximate surface area is 91.0 Å². The zero-order valence-electron chi connectivity index (χ0n) is 7.93. The zero-order chi connectivity index (χ0) is 10.6. The van der Waals surface area contributed by atoms with Crippen LogP contribution >= 0.6 is 15.9 Å². The number of pyridine rings is 1. The third-order valence-corrected chi connectivity index (χ3v) is 2.22. The van der Waals surface area contributed by atoms with E-state index in [1.807, 2.05) is 6.92 Å². The van der Waals surface area contributed by atoms with Gasteiger partial charge in [0.05, 0.1) is 0 Å². The highest BCUT2D eigenvalue weighted by atomic mass is 79.9. The quantitative estimate of drug-likeness (QED) is 0.873. The van der Waals surface area contributed by atoms with Crippen molar-refractivity contribution in [3.63, 3.8) is 0 Å². The van der Waals surface area contributed by atoms with E-state index in [0.29, 0.717) is 11.0 Å². The topological polar surface area (TPSA) is 50.9 Å². The summed E-state index contributed by atoms with van der Waals surface area (Å²) in [5.41, 5.74) is 5.38. The van der Waals surface area contributed by atoms with Crippen molar-refractivity contribution in [3.8, 4) is 0 Å². The van der Waals surface area contributed by atoms with Gasteiger partial charge in [-0.1, -0.05) is 0 Å². The number of hydrogen-bond acceptors (Lipinski definition) is 3. The molecule has 3 nitrogen and oxygen atoms in total. The lowest BCUT2D eigenvalue weighted by Crippen LogP contribution is -2.20. The molecule has 0 saturated heterocycles. The van der Waals surface area contributed by atoms with Gasteiger partial charge in [0.2, 0.25) is 0 Å². The molecule has 1 heterocycles. The first-order valence-electron chi connectivity index (χ1n) is 4.41. The summed E-state index contributed by atoms with van der Waals surface area (Å²) in [7, 11) is 0. The molecular formula is C9H13BrFN3. The second-order valence-electron chi connectivity index (χ2n) is 3.11. The maximum Gasteiger partial charge on any atom is 0.166 e. The summed E-state index contributed by atoms with van der Waals surface area (Å²) in [6.45, 7) is 2.52. The average molecular weight is 262 g/mol. The Hall–Kier alpha value is -0.680. The van der Waals surface area contributed by atoms with E-state index in [1.54, 1.807) is 6.20 Å². The normalized spacial score (nSPS) is 12.6. The van der Waals surface area contributed by atoms with Crippen LogP contribution in [-0.2, 0) is 0 Å². The molecule has 1 rings (SSSR count). The fourth-order valence-electron chi connectivity index (χ4n) is 1.08. The van der Waals surface area contributed by atoms with E-state index in [1.165, 1.54) is 6.07 Å². The Morgan fingerprint density at radius 1 is 1.71 bits per heavy atom. The summed E-state index contributed by atoms with van der Waals surface area (Å²) in [4.78, 5) is 3.93. The van der Waals surface area contributed by atoms with Crippen molar-refractivity contribution in [1.82, 2.24) is 4.98 Å². The van der Waals surface area contributed by atoms with Crippen LogP contribution in [0.1, 0.15) is 13.3 Å². The van der Waals surface area contributed by atoms with Crippen LogP contribution < -0.4 is 11.1 Å². The summed E-state index contributed by atoms with van der Waals surface area (Å²) in [5.74, 6) is -0.0857. The summed E-state index contributed by atoms with van der Waals surface area (Å²) in [5, 5.41) is 2.95. The highest BCUT2D eigenvalue weighted by molar-refractivity contribution is 9.10. The maximum absolute atomic E-state index is 13.3. The number of halogens is 2. The van der Waals surface area contributed by atoms with Crippen molar-refractivity contribution >= 4 is 21.7 Å². The van der Waals surface area contributed by atoms with Crippen molar-refractivity contribution in [2.24, 2.45) is 5.73 Å². The van der Waals surface area contributed by atoms with Gasteiger partial charge in [-0.3, -0.25) is 0 Å². The first-order chi connectivity index (χ1) is 6.63. The van der Waals surface area contributed by atoms with E-state index in [2.05, 4.69) is 26.2 Å². The van der Waals surface area contributed by atoms with Crippen LogP contribution in [0.25, 0.3) is 0 Å². The van der Waals surface area contributed by atoms with Gasteiger partial charge < -0.3 is 11.1 Å². The molecule has 1 unspecified atom stereocenters. The van der Waals surface area contributed by atoms with Crippen LogP contribution in [0.5, 0.6) is 0 Å². The van der Waals surface area contributed by atoms with Crippen LogP contribution in [0.15, 0.2) is 16.7 Å². The number of rotatable bonds is 4. The van der Waals surface area contributed by atoms with E-state index in [9.17, 15) is 4.39 Å². The molecule has 14 heavy (non-hydrogen) atoms. The molecule has 0 spiro atoms. The minimum atomic E-state index is -0.358. The van der Waals surface area contributed by atoms with Gasteiger partial charge in [0.15, 0.2) is 11.6 Å². The first kappa shape index (κ1) is 11.4. The molecule has 0 saturated carbocycles. The fraction of sp³-hybridized carbons (Fsp3) is 0.444. The first-order valence-corrected chi connectivity index (χ1v) is 5.20. The van der Waals surface area contributed by atoms with Gasteiger partial charge in [-0.15, -0.1) is 0 Å². The van der Waals surface area contributed by atoms with E-state index < -0.39 is 0 Å². The van der Waals surface area contributed by atoms with Crippen LogP contribution in [0.4, 0.5) is 10.2 Å². The lowest BCUT2D eigenvalue weighted by Gasteiger charge is -2.13. The Balaban J connectivity index is 2.67. The largest absolute Gasteiger partial charge is 0.365 e. The molecule has 0 aromatic carbocycles. The summed E-state index contributed by atoms with van der Waals surface area (Å²) in [6, 6.07) is 1.51. The monoisotopic (exact) mass is 261 g/mol. The molecule has 0 fully saturated rings. The van der Waals surface area contributed by atoms with E-state index >= 15 is 0 Å². The van der Waals surface area contributed by atoms with Gasteiger partial charge in [0.25, 0.3) is 0 Å². The third-order valence-electron chi connectivity index (χ3n) is 1.79. The highest BCUT2D eigenvalue weighted by Crippen LogP contribution is 2.16. The van der Waals surface area contributed by atoms with Crippen molar-refractivity contribution in [3.05, 3.63) is 22.6 Å². The molecule has 1 aromatic heterocycles. The van der Waals surface area contributed by atoms with Crippen LogP contribution in [0.2, 0.25) is 0 Å². The second-order valence-corrected chi connectivity index (χ2v) is 4.02. The molecule has 0 aliphatic carbocycles. The van der Waals surface area contributed by atoms with Gasteiger partial charge in [-0.25, -0.2) is 9.37 Å². The molecule has 3 N–H and O–H groups in total. The molecule has 78 valence electrons. The molecule has 0 amide bonds. The number of nitrogens with two attached hydrogens (primary N) is 1. The van der Waals surface area contributed by atoms with Gasteiger partial charge in [-0.2, -0.15) is 0 Å². The summed E-state index contributed by atoms with van der Waals surface area (Å²) in [6.07, 6.45) is 2.35. The second kappa shape index (κ2) is 5.26. The molecule has 1 atom stereocenters. The number of hydrogen-bond donors (Lipinski definition) is 2. The molecule has 0 aliphatic rings. The molecule has 1 aromatic rings. The minimum absolute atomic E-state index is 0.128. The Bertz CT molecular complexity index is 306. The van der Waals surface area contributed by atoms with Crippen molar-refractivity contribution in [2.75, 3.05) is 11.9 Å². The predicted molar refractivity (Wildman–Crippen MR) is 58.7 cm³/mol. The van der Waals surface area contributed by atoms with Crippen molar-refractivity contribution < 1.29 is 4.39 Å². The molecule has 5 heteroatoms. The van der Waals surface area contributed by atoms with E-state index in [4.69, 9.17) is 5.73 Å². The zero-order valence-corrected chi connectivity index (χ0v) is 9.51. The number of anilines is 1. The minimum Gasteiger partial charge on any atom is -0.365 e. The number of nitrogens with one attached hydrogen (secondary N) is 1. The van der Waals surface area contributed by atoms with Gasteiger partial charge in [-0.05, 0) is 41.9 Å². The van der Waals surface area contributed by atoms with Crippen molar-refractivity contribution in [2.45, 2.75) is 19.4 Å². The maximum atomic E-state index is 13.3. The Kier molecular flexibility index (Phi) is 4.28. The molecule has 0 bridgehead atoms. The molecule has 0 aliphatic heterocycles. The Morgan fingerprint density at radius 3 is 3.00 bits per heavy atom. The molecule has 0 radical (unpaired) electrons. The van der Waals surface area contributed by atoms with Gasteiger partial charge in [0, 0.05) is 16.7 Å². The SMILES string of the molecule is CC(CCN)Nc1ncc(Br)cc1F. The molecular weight excluding hydrogens is 249 g/mol. The van der Waals surface area contributed by atoms with E-state index in [-0.39, 0.29) is 17.7 Å². The smallest absolute Gasteiger partial charge is 0.166 e. The average Bonchev–Trinajstić information content (AvgIpc) is 2.10. The van der Waals surface area contributed by atoms with E-state index in [0.717, 1.165) is 6.42 Å². The van der Waals surface area contributed by atoms with Crippen LogP contribution in [0.3, 0.4) is 0 Å². The lowest BCUT2D eigenvalue weighted by atomic mass is 10.2. The lowest BCUT2D eigenvalue weighted by molar-refractivity contribution is 0.615. The van der Waals surface area contributed by atoms with Gasteiger partial charge >= 0.3 is 0 Å². The van der Waals surface area contributed by atoms with Gasteiger partial charge in [0.1, 0.15) is 0 Å². The van der Waals surface area contributed by atoms with Crippen molar-refractivity contribution in [1.29, 1.82) is 0 Å². The van der Waals surface area contributed by atoms with Crippen LogP contribution in [-0.4, -0.2) is 17.6 Å². The highest BCUT2D eigenvalue weighted by Gasteiger charge is 2.07. The number of aromatic nitrogens is 1. The standard InChI is InChI=1S/C9H13BrFN3/c1-6(2-3-12)14-9-8(11)4-7(10)5-13-9/h4-6H,2-3,12H2,1H3,(H,13,14). The fourth-order valence-corrected chi connectivity index (χ4v) is 1.38. The Morgan fingerprint density at radius 2 is 2.43 bits per heavy atom. The predicted octanol–water partition coefficient (Wildman–Crippen LogP) is 2.13. The number of nitrogens with zero attached hydrogens (tertiary/aromatic N) is 1.